The van der Waals surface area contributed by atoms with Gasteiger partial charge in [0.05, 0.1) is 6.10 Å². The van der Waals surface area contributed by atoms with E-state index >= 15 is 0 Å². The molecule has 1 unspecified atom stereocenters. The van der Waals surface area contributed by atoms with Gasteiger partial charge in [-0.15, -0.1) is 0 Å². The fraction of sp³-hybridized carbons (Fsp3) is 1.00. The summed E-state index contributed by atoms with van der Waals surface area (Å²) in [4.78, 5) is 0. The maximum absolute atomic E-state index is 10.4. The van der Waals surface area contributed by atoms with Crippen molar-refractivity contribution in [3.63, 3.8) is 0 Å². The van der Waals surface area contributed by atoms with Crippen LogP contribution in [0.2, 0.25) is 0 Å². The molecule has 2 aliphatic rings. The van der Waals surface area contributed by atoms with E-state index in [1.165, 1.54) is 12.8 Å². The van der Waals surface area contributed by atoms with Gasteiger partial charge in [-0.25, -0.2) is 5.11 Å². The van der Waals surface area contributed by atoms with Gasteiger partial charge in [0, 0.05) is 5.41 Å². The van der Waals surface area contributed by atoms with Gasteiger partial charge in [0.15, 0.2) is 0 Å². The van der Waals surface area contributed by atoms with Crippen LogP contribution in [0.1, 0.15) is 19.3 Å². The zero-order valence-electron chi connectivity index (χ0n) is 3.61. The molecule has 0 aromatic rings. The van der Waals surface area contributed by atoms with E-state index in [0.717, 1.165) is 6.42 Å². The Morgan fingerprint density at radius 1 is 1.50 bits per heavy atom. The Morgan fingerprint density at radius 3 is 2.00 bits per heavy atom. The van der Waals surface area contributed by atoms with Crippen molar-refractivity contribution in [2.75, 3.05) is 0 Å². The molecule has 0 bridgehead atoms. The van der Waals surface area contributed by atoms with Gasteiger partial charge in [0.25, 0.3) is 0 Å². The molecule has 2 saturated carbocycles. The molecule has 0 aliphatic heterocycles. The first-order chi connectivity index (χ1) is 2.83. The predicted octanol–water partition coefficient (Wildman–Crippen LogP) is 0.969. The molecule has 0 heterocycles. The summed E-state index contributed by atoms with van der Waals surface area (Å²) in [6, 6.07) is 0. The molecule has 1 radical (unpaired) electrons. The molecular formula is C5H7O. The molecule has 0 amide bonds. The average Bonchev–Trinajstić information content (AvgIpc) is 2.25. The van der Waals surface area contributed by atoms with Crippen LogP contribution in [-0.2, 0) is 5.11 Å². The summed E-state index contributed by atoms with van der Waals surface area (Å²) in [6.07, 6.45) is 3.33. The lowest BCUT2D eigenvalue weighted by Gasteiger charge is -1.68. The largest absolute Gasteiger partial charge is 0.232 e. The molecule has 0 saturated heterocycles. The molecular weight excluding hydrogens is 76.1 g/mol. The third kappa shape index (κ3) is 0.178. The predicted molar refractivity (Wildman–Crippen MR) is 20.8 cm³/mol. The molecule has 2 aliphatic carbocycles. The van der Waals surface area contributed by atoms with Gasteiger partial charge in [0.1, 0.15) is 0 Å². The summed E-state index contributed by atoms with van der Waals surface area (Å²) in [5.41, 5.74) is 0.403. The van der Waals surface area contributed by atoms with Crippen molar-refractivity contribution < 1.29 is 5.11 Å². The standard InChI is InChI=1S/C5H7O/c6-4-3-5(4)1-2-5/h4H,1-3H2. The van der Waals surface area contributed by atoms with Crippen molar-refractivity contribution >= 4 is 0 Å². The van der Waals surface area contributed by atoms with Crippen LogP contribution in [-0.4, -0.2) is 6.10 Å². The summed E-state index contributed by atoms with van der Waals surface area (Å²) in [6.45, 7) is 0. The molecule has 0 N–H and O–H groups in total. The van der Waals surface area contributed by atoms with Gasteiger partial charge in [0.2, 0.25) is 0 Å². The van der Waals surface area contributed by atoms with Crippen molar-refractivity contribution in [1.29, 1.82) is 0 Å². The highest BCUT2D eigenvalue weighted by molar-refractivity contribution is 5.12. The van der Waals surface area contributed by atoms with E-state index in [2.05, 4.69) is 0 Å². The van der Waals surface area contributed by atoms with Crippen molar-refractivity contribution in [2.24, 2.45) is 5.41 Å². The second kappa shape index (κ2) is 0.544. The Hall–Kier alpha value is -0.0400. The van der Waals surface area contributed by atoms with Crippen LogP contribution in [0.25, 0.3) is 0 Å². The lowest BCUT2D eigenvalue weighted by Crippen LogP contribution is -1.76. The molecule has 33 valence electrons. The molecule has 6 heavy (non-hydrogen) atoms. The Labute approximate surface area is 37.0 Å². The first kappa shape index (κ1) is 3.03. The third-order valence-electron chi connectivity index (χ3n) is 2.01. The van der Waals surface area contributed by atoms with Crippen LogP contribution >= 0.6 is 0 Å². The van der Waals surface area contributed by atoms with Gasteiger partial charge in [-0.2, -0.15) is 0 Å². The third-order valence-corrected chi connectivity index (χ3v) is 2.01. The van der Waals surface area contributed by atoms with Crippen LogP contribution in [0.5, 0.6) is 0 Å². The van der Waals surface area contributed by atoms with Gasteiger partial charge < -0.3 is 0 Å². The van der Waals surface area contributed by atoms with Gasteiger partial charge in [-0.3, -0.25) is 0 Å². The normalized spacial score (nSPS) is 46.5. The second-order valence-corrected chi connectivity index (χ2v) is 2.56. The van der Waals surface area contributed by atoms with E-state index in [1.807, 2.05) is 0 Å². The molecule has 2 rings (SSSR count). The Kier molecular flexibility index (Phi) is 0.274. The van der Waals surface area contributed by atoms with Crippen LogP contribution in [0.3, 0.4) is 0 Å². The number of rotatable bonds is 0. The first-order valence-corrected chi connectivity index (χ1v) is 2.49. The van der Waals surface area contributed by atoms with Crippen molar-refractivity contribution in [1.82, 2.24) is 0 Å². The van der Waals surface area contributed by atoms with Gasteiger partial charge in [-0.05, 0) is 19.3 Å². The van der Waals surface area contributed by atoms with Crippen LogP contribution in [0.4, 0.5) is 0 Å². The van der Waals surface area contributed by atoms with Crippen LogP contribution in [0.15, 0.2) is 0 Å². The minimum atomic E-state index is -0.141. The smallest absolute Gasteiger partial charge is 0.0993 e. The average molecular weight is 83.1 g/mol. The molecule has 0 aromatic carbocycles. The number of hydrogen-bond acceptors (Lipinski definition) is 0. The summed E-state index contributed by atoms with van der Waals surface area (Å²) < 4.78 is 0. The molecule has 0 aromatic heterocycles. The molecule has 1 nitrogen and oxygen atoms in total. The minimum absolute atomic E-state index is 0.141. The molecule has 1 atom stereocenters. The summed E-state index contributed by atoms with van der Waals surface area (Å²) in [5.74, 6) is 0. The lowest BCUT2D eigenvalue weighted by molar-refractivity contribution is 0.157. The van der Waals surface area contributed by atoms with Crippen molar-refractivity contribution in [3.05, 3.63) is 0 Å². The SMILES string of the molecule is [O]C1CC12CC2. The van der Waals surface area contributed by atoms with Crippen LogP contribution in [0, 0.1) is 5.41 Å². The monoisotopic (exact) mass is 83.0 g/mol. The molecule has 1 spiro atoms. The first-order valence-electron chi connectivity index (χ1n) is 2.49. The fourth-order valence-corrected chi connectivity index (χ4v) is 0.997. The fourth-order valence-electron chi connectivity index (χ4n) is 0.997. The Bertz CT molecular complexity index is 83.9. The van der Waals surface area contributed by atoms with Gasteiger partial charge in [-0.1, -0.05) is 0 Å². The lowest BCUT2D eigenvalue weighted by atomic mass is 10.4. The highest BCUT2D eigenvalue weighted by Gasteiger charge is 2.63. The molecule has 2 fully saturated rings. The van der Waals surface area contributed by atoms with Gasteiger partial charge >= 0.3 is 0 Å². The maximum Gasteiger partial charge on any atom is 0.0993 e. The van der Waals surface area contributed by atoms with E-state index < -0.39 is 0 Å². The number of hydrogen-bond donors (Lipinski definition) is 0. The summed E-state index contributed by atoms with van der Waals surface area (Å²) in [7, 11) is 0. The van der Waals surface area contributed by atoms with E-state index in [0.29, 0.717) is 5.41 Å². The zero-order chi connectivity index (χ0) is 4.20. The molecule has 1 heteroatoms. The Morgan fingerprint density at radius 2 is 2.00 bits per heavy atom. The quantitative estimate of drug-likeness (QED) is 0.416. The summed E-state index contributed by atoms with van der Waals surface area (Å²) in [5, 5.41) is 10.4. The zero-order valence-corrected chi connectivity index (χ0v) is 3.61. The van der Waals surface area contributed by atoms with E-state index in [9.17, 15) is 5.11 Å². The van der Waals surface area contributed by atoms with E-state index in [1.54, 1.807) is 0 Å². The maximum atomic E-state index is 10.4. The highest BCUT2D eigenvalue weighted by Crippen LogP contribution is 2.66. The highest BCUT2D eigenvalue weighted by atomic mass is 16.3. The Balaban J connectivity index is 2.17. The van der Waals surface area contributed by atoms with E-state index in [4.69, 9.17) is 0 Å². The minimum Gasteiger partial charge on any atom is -0.232 e. The summed E-state index contributed by atoms with van der Waals surface area (Å²) >= 11 is 0. The second-order valence-electron chi connectivity index (χ2n) is 2.56. The van der Waals surface area contributed by atoms with Crippen LogP contribution < -0.4 is 0 Å². The van der Waals surface area contributed by atoms with Crippen molar-refractivity contribution in [3.8, 4) is 0 Å². The topological polar surface area (TPSA) is 19.9 Å². The van der Waals surface area contributed by atoms with E-state index in [-0.39, 0.29) is 6.10 Å². The van der Waals surface area contributed by atoms with Crippen molar-refractivity contribution in [2.45, 2.75) is 25.4 Å².